The molecule has 0 saturated heterocycles. The van der Waals surface area contributed by atoms with E-state index in [1.165, 1.54) is 0 Å². The lowest BCUT2D eigenvalue weighted by molar-refractivity contribution is 0.315. The van der Waals surface area contributed by atoms with Crippen LogP contribution in [0.5, 0.6) is 0 Å². The second kappa shape index (κ2) is 6.85. The van der Waals surface area contributed by atoms with Crippen molar-refractivity contribution in [3.05, 3.63) is 34.1 Å². The molecule has 0 bridgehead atoms. The summed E-state index contributed by atoms with van der Waals surface area (Å²) in [5.41, 5.74) is 0.940. The molecule has 1 aromatic carbocycles. The zero-order valence-corrected chi connectivity index (χ0v) is 14.1. The molecule has 0 aliphatic carbocycles. The van der Waals surface area contributed by atoms with E-state index >= 15 is 0 Å². The van der Waals surface area contributed by atoms with Gasteiger partial charge >= 0.3 is 0 Å². The first-order valence-electron chi connectivity index (χ1n) is 6.88. The Morgan fingerprint density at radius 3 is 2.37 bits per heavy atom. The van der Waals surface area contributed by atoms with Gasteiger partial charge in [0.2, 0.25) is 0 Å². The van der Waals surface area contributed by atoms with Gasteiger partial charge < -0.3 is 5.32 Å². The summed E-state index contributed by atoms with van der Waals surface area (Å²) in [6.07, 6.45) is 0.784. The third-order valence-electron chi connectivity index (χ3n) is 3.48. The van der Waals surface area contributed by atoms with Crippen LogP contribution in [0.4, 0.5) is 4.39 Å². The zero-order valence-electron chi connectivity index (χ0n) is 12.6. The van der Waals surface area contributed by atoms with E-state index in [4.69, 9.17) is 0 Å². The molecule has 0 radical (unpaired) electrons. The number of nitrogens with one attached hydrogen (secondary N) is 1. The maximum absolute atomic E-state index is 13.8. The Morgan fingerprint density at radius 1 is 1.21 bits per heavy atom. The molecular formula is C16H25BrFN. The van der Waals surface area contributed by atoms with Gasteiger partial charge in [0.25, 0.3) is 0 Å². The van der Waals surface area contributed by atoms with E-state index in [2.05, 4.69) is 55.9 Å². The fourth-order valence-electron chi connectivity index (χ4n) is 1.90. The minimum absolute atomic E-state index is 0.114. The van der Waals surface area contributed by atoms with Crippen molar-refractivity contribution in [2.75, 3.05) is 6.54 Å². The molecule has 0 aliphatic rings. The largest absolute Gasteiger partial charge is 0.312 e. The Labute approximate surface area is 125 Å². The monoisotopic (exact) mass is 329 g/mol. The Hall–Kier alpha value is -0.410. The van der Waals surface area contributed by atoms with Crippen molar-refractivity contribution in [2.24, 2.45) is 11.8 Å². The predicted molar refractivity (Wildman–Crippen MR) is 83.9 cm³/mol. The summed E-state index contributed by atoms with van der Waals surface area (Å²) in [5.74, 6) is 0.852. The molecule has 19 heavy (non-hydrogen) atoms. The first-order chi connectivity index (χ1) is 8.69. The van der Waals surface area contributed by atoms with Crippen LogP contribution in [0, 0.1) is 17.7 Å². The van der Waals surface area contributed by atoms with Gasteiger partial charge in [0.1, 0.15) is 5.82 Å². The van der Waals surface area contributed by atoms with Crippen LogP contribution in [0.2, 0.25) is 0 Å². The van der Waals surface area contributed by atoms with Gasteiger partial charge in [-0.1, -0.05) is 35.8 Å². The van der Waals surface area contributed by atoms with Gasteiger partial charge in [0.15, 0.2) is 0 Å². The van der Waals surface area contributed by atoms with E-state index < -0.39 is 0 Å². The second-order valence-electron chi connectivity index (χ2n) is 6.53. The molecule has 2 unspecified atom stereocenters. The summed E-state index contributed by atoms with van der Waals surface area (Å²) in [5, 5.41) is 3.51. The number of rotatable bonds is 5. The lowest BCUT2D eigenvalue weighted by Gasteiger charge is -2.26. The Morgan fingerprint density at radius 2 is 1.84 bits per heavy atom. The van der Waals surface area contributed by atoms with E-state index in [-0.39, 0.29) is 11.4 Å². The molecule has 0 aliphatic heterocycles. The minimum Gasteiger partial charge on any atom is -0.312 e. The molecular weight excluding hydrogens is 305 g/mol. The Balaban J connectivity index is 2.56. The molecule has 3 heteroatoms. The number of hydrogen-bond donors (Lipinski definition) is 1. The molecule has 0 heterocycles. The molecule has 0 aromatic heterocycles. The van der Waals surface area contributed by atoms with Crippen LogP contribution in [0.1, 0.15) is 40.2 Å². The third kappa shape index (κ3) is 6.05. The molecule has 1 aromatic rings. The van der Waals surface area contributed by atoms with Crippen LogP contribution in [0.15, 0.2) is 22.7 Å². The fraction of sp³-hybridized carbons (Fsp3) is 0.625. The standard InChI is InChI=1S/C16H25BrFN/c1-11(12(2)10-19-16(3,4)5)8-13-6-7-14(17)9-15(13)18/h6-7,9,11-12,19H,8,10H2,1-5H3. The van der Waals surface area contributed by atoms with Gasteiger partial charge in [-0.25, -0.2) is 4.39 Å². The topological polar surface area (TPSA) is 12.0 Å². The molecule has 1 N–H and O–H groups in total. The Bertz CT molecular complexity index is 412. The Kier molecular flexibility index (Phi) is 6.00. The maximum Gasteiger partial charge on any atom is 0.127 e. The van der Waals surface area contributed by atoms with Crippen LogP contribution >= 0.6 is 15.9 Å². The van der Waals surface area contributed by atoms with E-state index in [0.29, 0.717) is 11.8 Å². The summed E-state index contributed by atoms with van der Waals surface area (Å²) < 4.78 is 14.6. The van der Waals surface area contributed by atoms with Gasteiger partial charge in [-0.3, -0.25) is 0 Å². The van der Waals surface area contributed by atoms with Crippen molar-refractivity contribution in [1.82, 2.24) is 5.32 Å². The molecule has 1 nitrogen and oxygen atoms in total. The van der Waals surface area contributed by atoms with Gasteiger partial charge in [0, 0.05) is 10.0 Å². The molecule has 108 valence electrons. The normalized spacial score (nSPS) is 15.3. The van der Waals surface area contributed by atoms with E-state index in [1.807, 2.05) is 12.1 Å². The van der Waals surface area contributed by atoms with Crippen molar-refractivity contribution in [1.29, 1.82) is 0 Å². The van der Waals surface area contributed by atoms with Crippen LogP contribution in [-0.2, 0) is 6.42 Å². The maximum atomic E-state index is 13.8. The van der Waals surface area contributed by atoms with Crippen molar-refractivity contribution in [3.63, 3.8) is 0 Å². The highest BCUT2D eigenvalue weighted by atomic mass is 79.9. The summed E-state index contributed by atoms with van der Waals surface area (Å²) in [7, 11) is 0. The predicted octanol–water partition coefficient (Wildman–Crippen LogP) is 4.79. The minimum atomic E-state index is -0.114. The highest BCUT2D eigenvalue weighted by Gasteiger charge is 2.17. The van der Waals surface area contributed by atoms with Crippen LogP contribution in [0.3, 0.4) is 0 Å². The van der Waals surface area contributed by atoms with Crippen LogP contribution in [-0.4, -0.2) is 12.1 Å². The average Bonchev–Trinajstić information content (AvgIpc) is 2.28. The van der Waals surface area contributed by atoms with Crippen LogP contribution in [0.25, 0.3) is 0 Å². The number of hydrogen-bond acceptors (Lipinski definition) is 1. The highest BCUT2D eigenvalue weighted by Crippen LogP contribution is 2.21. The first kappa shape index (κ1) is 16.6. The SMILES string of the molecule is CC(CNC(C)(C)C)C(C)Cc1ccc(Br)cc1F. The molecule has 2 atom stereocenters. The zero-order chi connectivity index (χ0) is 14.6. The average molecular weight is 330 g/mol. The summed E-state index contributed by atoms with van der Waals surface area (Å²) in [6, 6.07) is 5.32. The number of benzene rings is 1. The lowest BCUT2D eigenvalue weighted by Crippen LogP contribution is -2.40. The lowest BCUT2D eigenvalue weighted by atomic mass is 9.89. The van der Waals surface area contributed by atoms with Crippen LogP contribution < -0.4 is 5.32 Å². The van der Waals surface area contributed by atoms with Crippen molar-refractivity contribution in [3.8, 4) is 0 Å². The van der Waals surface area contributed by atoms with Gasteiger partial charge in [-0.15, -0.1) is 0 Å². The molecule has 0 saturated carbocycles. The summed E-state index contributed by atoms with van der Waals surface area (Å²) in [4.78, 5) is 0. The van der Waals surface area contributed by atoms with Crippen molar-refractivity contribution in [2.45, 2.75) is 46.6 Å². The van der Waals surface area contributed by atoms with E-state index in [0.717, 1.165) is 23.0 Å². The van der Waals surface area contributed by atoms with Gasteiger partial charge in [-0.2, -0.15) is 0 Å². The molecule has 0 fully saturated rings. The third-order valence-corrected chi connectivity index (χ3v) is 3.98. The quantitative estimate of drug-likeness (QED) is 0.818. The van der Waals surface area contributed by atoms with Crippen molar-refractivity contribution < 1.29 is 4.39 Å². The smallest absolute Gasteiger partial charge is 0.127 e. The summed E-state index contributed by atoms with van der Waals surface area (Å²) in [6.45, 7) is 11.9. The van der Waals surface area contributed by atoms with E-state index in [1.54, 1.807) is 6.07 Å². The second-order valence-corrected chi connectivity index (χ2v) is 7.44. The summed E-state index contributed by atoms with van der Waals surface area (Å²) >= 11 is 3.29. The van der Waals surface area contributed by atoms with Crippen molar-refractivity contribution >= 4 is 15.9 Å². The van der Waals surface area contributed by atoms with Gasteiger partial charge in [0.05, 0.1) is 0 Å². The fourth-order valence-corrected chi connectivity index (χ4v) is 2.24. The molecule has 0 spiro atoms. The first-order valence-corrected chi connectivity index (χ1v) is 7.67. The van der Waals surface area contributed by atoms with E-state index in [9.17, 15) is 4.39 Å². The molecule has 0 amide bonds. The highest BCUT2D eigenvalue weighted by molar-refractivity contribution is 9.10. The van der Waals surface area contributed by atoms with Gasteiger partial charge in [-0.05, 0) is 63.3 Å². The number of halogens is 2. The molecule has 1 rings (SSSR count).